The highest BCUT2D eigenvalue weighted by Crippen LogP contribution is 2.38. The van der Waals surface area contributed by atoms with Crippen LogP contribution in [0.2, 0.25) is 0 Å². The van der Waals surface area contributed by atoms with E-state index in [1.807, 2.05) is 0 Å². The average molecular weight is 534 g/mol. The fourth-order valence-electron chi connectivity index (χ4n) is 5.30. The summed E-state index contributed by atoms with van der Waals surface area (Å²) in [5, 5.41) is 3.00. The first kappa shape index (κ1) is 27.9. The molecule has 1 heterocycles. The number of anilines is 1. The molecule has 1 aliphatic carbocycles. The summed E-state index contributed by atoms with van der Waals surface area (Å²) in [5.74, 6) is -0.0240. The van der Waals surface area contributed by atoms with Gasteiger partial charge in [0.15, 0.2) is 0 Å². The summed E-state index contributed by atoms with van der Waals surface area (Å²) in [5.41, 5.74) is 8.17. The van der Waals surface area contributed by atoms with Gasteiger partial charge in [0.1, 0.15) is 35.3 Å². The van der Waals surface area contributed by atoms with Crippen LogP contribution in [0.1, 0.15) is 61.8 Å². The van der Waals surface area contributed by atoms with E-state index in [2.05, 4.69) is 33.8 Å². The molecule has 1 aliphatic rings. The minimum Gasteiger partial charge on any atom is -0.457 e. The van der Waals surface area contributed by atoms with Crippen LogP contribution in [0.15, 0.2) is 66.4 Å². The zero-order valence-corrected chi connectivity index (χ0v) is 22.2. The molecule has 3 aromatic rings. The van der Waals surface area contributed by atoms with E-state index in [0.717, 1.165) is 37.8 Å². The van der Waals surface area contributed by atoms with E-state index < -0.39 is 11.6 Å². The van der Waals surface area contributed by atoms with Crippen molar-refractivity contribution in [1.29, 1.82) is 0 Å². The lowest BCUT2D eigenvalue weighted by Gasteiger charge is -2.23. The Morgan fingerprint density at radius 3 is 2.72 bits per heavy atom. The monoisotopic (exact) mass is 533 g/mol. The number of halogens is 2. The van der Waals surface area contributed by atoms with Crippen molar-refractivity contribution in [2.45, 2.75) is 51.0 Å². The Morgan fingerprint density at radius 2 is 2.03 bits per heavy atom. The van der Waals surface area contributed by atoms with Gasteiger partial charge in [-0.15, -0.1) is 0 Å². The number of nitrogen functional groups attached to an aromatic ring is 1. The molecule has 0 aliphatic heterocycles. The number of ether oxygens (including phenoxy) is 1. The zero-order chi connectivity index (χ0) is 27.9. The second-order valence-corrected chi connectivity index (χ2v) is 9.72. The number of nitrogens with one attached hydrogen (secondary N) is 1. The predicted molar refractivity (Wildman–Crippen MR) is 148 cm³/mol. The van der Waals surface area contributed by atoms with E-state index in [9.17, 15) is 9.18 Å². The van der Waals surface area contributed by atoms with Crippen molar-refractivity contribution in [1.82, 2.24) is 15.3 Å². The Labute approximate surface area is 227 Å². The zero-order valence-electron chi connectivity index (χ0n) is 22.2. The first-order chi connectivity index (χ1) is 18.8. The van der Waals surface area contributed by atoms with Gasteiger partial charge >= 0.3 is 0 Å². The van der Waals surface area contributed by atoms with Crippen molar-refractivity contribution in [3.63, 3.8) is 0 Å². The fourth-order valence-corrected chi connectivity index (χ4v) is 5.30. The molecule has 1 fully saturated rings. The van der Waals surface area contributed by atoms with Crippen molar-refractivity contribution in [2.75, 3.05) is 12.8 Å². The molecule has 3 N–H and O–H groups in total. The summed E-state index contributed by atoms with van der Waals surface area (Å²) in [7, 11) is 1.58. The van der Waals surface area contributed by atoms with Gasteiger partial charge in [-0.25, -0.2) is 18.7 Å². The molecular formula is C30H33F2N5O2. The largest absolute Gasteiger partial charge is 0.457 e. The number of hydrogen-bond acceptors (Lipinski definition) is 6. The molecule has 0 bridgehead atoms. The van der Waals surface area contributed by atoms with Crippen LogP contribution < -0.4 is 15.8 Å². The van der Waals surface area contributed by atoms with E-state index in [0.29, 0.717) is 17.2 Å². The number of carbonyl (C=O) groups is 1. The van der Waals surface area contributed by atoms with Crippen LogP contribution in [0.4, 0.5) is 14.6 Å². The summed E-state index contributed by atoms with van der Waals surface area (Å²) in [4.78, 5) is 24.9. The van der Waals surface area contributed by atoms with Crippen molar-refractivity contribution in [2.24, 2.45) is 10.9 Å². The lowest BCUT2D eigenvalue weighted by Crippen LogP contribution is -2.31. The molecule has 4 rings (SSSR count). The number of amides is 1. The molecule has 204 valence electrons. The van der Waals surface area contributed by atoms with Gasteiger partial charge in [-0.2, -0.15) is 0 Å². The molecule has 2 aromatic carbocycles. The predicted octanol–water partition coefficient (Wildman–Crippen LogP) is 5.95. The molecule has 0 radical (unpaired) electrons. The summed E-state index contributed by atoms with van der Waals surface area (Å²) in [6, 6.07) is 10.2. The van der Waals surface area contributed by atoms with Crippen molar-refractivity contribution < 1.29 is 18.3 Å². The number of carbonyl (C=O) groups excluding carboxylic acids is 1. The smallest absolute Gasteiger partial charge is 0.243 e. The third-order valence-corrected chi connectivity index (χ3v) is 7.16. The lowest BCUT2D eigenvalue weighted by atomic mass is 9.85. The van der Waals surface area contributed by atoms with Crippen molar-refractivity contribution in [3.8, 4) is 11.5 Å². The first-order valence-corrected chi connectivity index (χ1v) is 13.1. The van der Waals surface area contributed by atoms with Crippen LogP contribution in [0.3, 0.4) is 0 Å². The maximum atomic E-state index is 15.4. The first-order valence-electron chi connectivity index (χ1n) is 13.1. The van der Waals surface area contributed by atoms with E-state index in [1.165, 1.54) is 36.7 Å². The van der Waals surface area contributed by atoms with Gasteiger partial charge in [0.05, 0.1) is 17.0 Å². The van der Waals surface area contributed by atoms with Gasteiger partial charge in [-0.1, -0.05) is 19.6 Å². The van der Waals surface area contributed by atoms with Crippen LogP contribution in [0, 0.1) is 17.6 Å². The molecule has 9 heteroatoms. The van der Waals surface area contributed by atoms with E-state index in [1.54, 1.807) is 25.2 Å². The highest BCUT2D eigenvalue weighted by atomic mass is 19.1. The standard InChI is InChI=1S/C30H33F2N5O2/c1-4-19(13-18-9-10-21(14-18)37-26(38)5-2)28-27(30(33)36-17-35-28)29(34-3)24-12-11-23(16-25(24)32)39-22-8-6-7-20(31)15-22/h5-8,11-12,15-19,21H,2,4,9-10,13-14H2,1,3H3,(H,37,38)(H2,33,35,36)/t18-,19?,21+/m0/s1. The highest BCUT2D eigenvalue weighted by Gasteiger charge is 2.30. The van der Waals surface area contributed by atoms with E-state index in [-0.39, 0.29) is 40.7 Å². The second kappa shape index (κ2) is 12.6. The van der Waals surface area contributed by atoms with Gasteiger partial charge in [-0.05, 0) is 68.4 Å². The molecule has 3 atom stereocenters. The molecule has 1 amide bonds. The number of nitrogens with zero attached hydrogens (tertiary/aromatic N) is 3. The molecule has 0 spiro atoms. The van der Waals surface area contributed by atoms with Crippen LogP contribution in [-0.2, 0) is 4.79 Å². The summed E-state index contributed by atoms with van der Waals surface area (Å²) < 4.78 is 34.6. The van der Waals surface area contributed by atoms with Gasteiger partial charge in [0.25, 0.3) is 0 Å². The van der Waals surface area contributed by atoms with Crippen LogP contribution >= 0.6 is 0 Å². The van der Waals surface area contributed by atoms with Gasteiger partial charge in [-0.3, -0.25) is 9.79 Å². The van der Waals surface area contributed by atoms with Crippen molar-refractivity contribution >= 4 is 17.4 Å². The maximum Gasteiger partial charge on any atom is 0.243 e. The average Bonchev–Trinajstić information content (AvgIpc) is 3.36. The Morgan fingerprint density at radius 1 is 1.23 bits per heavy atom. The molecule has 1 aromatic heterocycles. The van der Waals surface area contributed by atoms with E-state index >= 15 is 4.39 Å². The molecule has 39 heavy (non-hydrogen) atoms. The lowest BCUT2D eigenvalue weighted by molar-refractivity contribution is -0.117. The number of benzene rings is 2. The number of hydrogen-bond donors (Lipinski definition) is 2. The SMILES string of the molecule is C=CC(=O)N[C@@H]1CC[C@@H](CC(CC)c2ncnc(N)c2C(=NC)c2ccc(Oc3cccc(F)c3)cc2F)C1. The molecule has 7 nitrogen and oxygen atoms in total. The topological polar surface area (TPSA) is 102 Å². The molecular weight excluding hydrogens is 500 g/mol. The minimum atomic E-state index is -0.566. The molecule has 0 saturated heterocycles. The Balaban J connectivity index is 1.59. The van der Waals surface area contributed by atoms with Crippen molar-refractivity contribution in [3.05, 3.63) is 89.9 Å². The van der Waals surface area contributed by atoms with Gasteiger partial charge in [0, 0.05) is 36.7 Å². The van der Waals surface area contributed by atoms with Gasteiger partial charge < -0.3 is 15.8 Å². The third-order valence-electron chi connectivity index (χ3n) is 7.16. The highest BCUT2D eigenvalue weighted by molar-refractivity contribution is 6.16. The Bertz CT molecular complexity index is 1380. The Hall–Kier alpha value is -4.14. The number of rotatable bonds is 10. The van der Waals surface area contributed by atoms with Crippen LogP contribution in [0.25, 0.3) is 0 Å². The summed E-state index contributed by atoms with van der Waals surface area (Å²) >= 11 is 0. The summed E-state index contributed by atoms with van der Waals surface area (Å²) in [6.45, 7) is 5.61. The summed E-state index contributed by atoms with van der Waals surface area (Å²) in [6.07, 6.45) is 7.15. The molecule has 1 unspecified atom stereocenters. The number of aromatic nitrogens is 2. The second-order valence-electron chi connectivity index (χ2n) is 9.72. The molecule has 1 saturated carbocycles. The van der Waals surface area contributed by atoms with Crippen LogP contribution in [0.5, 0.6) is 11.5 Å². The number of aliphatic imine (C=N–C) groups is 1. The van der Waals surface area contributed by atoms with E-state index in [4.69, 9.17) is 10.5 Å². The fraction of sp³-hybridized carbons (Fsp3) is 0.333. The normalized spacial score (nSPS) is 18.0. The quantitative estimate of drug-likeness (QED) is 0.248. The maximum absolute atomic E-state index is 15.4. The number of nitrogens with two attached hydrogens (primary N) is 1. The minimum absolute atomic E-state index is 0.0413. The Kier molecular flexibility index (Phi) is 9.01. The van der Waals surface area contributed by atoms with Crippen LogP contribution in [-0.4, -0.2) is 34.7 Å². The third kappa shape index (κ3) is 6.66. The van der Waals surface area contributed by atoms with Gasteiger partial charge in [0.2, 0.25) is 5.91 Å².